The van der Waals surface area contributed by atoms with E-state index in [4.69, 9.17) is 16.3 Å². The maximum Gasteiger partial charge on any atom is 0.221 e. The lowest BCUT2D eigenvalue weighted by molar-refractivity contribution is -0.114. The number of anilines is 1. The molecule has 1 N–H and O–H groups in total. The Morgan fingerprint density at radius 2 is 1.73 bits per heavy atom. The van der Waals surface area contributed by atoms with E-state index in [0.717, 1.165) is 5.75 Å². The highest BCUT2D eigenvalue weighted by molar-refractivity contribution is 6.30. The maximum absolute atomic E-state index is 12.6. The van der Waals surface area contributed by atoms with Crippen molar-refractivity contribution in [3.8, 4) is 5.75 Å². The normalized spacial score (nSPS) is 11.9. The fourth-order valence-electron chi connectivity index (χ4n) is 2.39. The number of benzene rings is 2. The van der Waals surface area contributed by atoms with E-state index in [2.05, 4.69) is 5.32 Å². The summed E-state index contributed by atoms with van der Waals surface area (Å²) in [5, 5.41) is 3.35. The number of halogens is 1. The first-order valence-electron chi connectivity index (χ1n) is 8.37. The third-order valence-electron chi connectivity index (χ3n) is 4.06. The number of ether oxygens (including phenoxy) is 1. The summed E-state index contributed by atoms with van der Waals surface area (Å²) in [6.45, 7) is 4.39. The van der Waals surface area contributed by atoms with Gasteiger partial charge in [0.05, 0.1) is 6.04 Å². The molecule has 5 nitrogen and oxygen atoms in total. The van der Waals surface area contributed by atoms with E-state index in [-0.39, 0.29) is 17.7 Å². The lowest BCUT2D eigenvalue weighted by Gasteiger charge is -2.23. The number of nitrogens with zero attached hydrogens (tertiary/aromatic N) is 1. The van der Waals surface area contributed by atoms with Crippen molar-refractivity contribution in [2.45, 2.75) is 19.9 Å². The van der Waals surface area contributed by atoms with E-state index < -0.39 is 0 Å². The summed E-state index contributed by atoms with van der Waals surface area (Å²) in [7, 11) is 1.89. The maximum atomic E-state index is 12.6. The zero-order valence-corrected chi connectivity index (χ0v) is 15.9. The summed E-state index contributed by atoms with van der Waals surface area (Å²) in [5.41, 5.74) is 1.28. The molecule has 0 aliphatic rings. The Labute approximate surface area is 158 Å². The van der Waals surface area contributed by atoms with Crippen LogP contribution in [0, 0.1) is 0 Å². The summed E-state index contributed by atoms with van der Waals surface area (Å²) in [6.07, 6.45) is 0. The number of hydrogen-bond acceptors (Lipinski definition) is 4. The summed E-state index contributed by atoms with van der Waals surface area (Å²) in [4.78, 5) is 25.6. The van der Waals surface area contributed by atoms with Gasteiger partial charge in [0, 0.05) is 29.7 Å². The second-order valence-corrected chi connectivity index (χ2v) is 6.52. The third-order valence-corrected chi connectivity index (χ3v) is 4.31. The van der Waals surface area contributed by atoms with Crippen molar-refractivity contribution in [3.63, 3.8) is 0 Å². The molecule has 0 heterocycles. The molecule has 1 amide bonds. The standard InChI is InChI=1S/C20H23ClN2O3/c1-14(20(25)16-4-8-18(9-5-16)22-15(2)24)23(3)12-13-26-19-10-6-17(21)7-11-19/h4-11,14H,12-13H2,1-3H3,(H,22,24)/t14-/m1/s1. The van der Waals surface area contributed by atoms with Crippen LogP contribution >= 0.6 is 11.6 Å². The van der Waals surface area contributed by atoms with Gasteiger partial charge in [-0.25, -0.2) is 0 Å². The van der Waals surface area contributed by atoms with Crippen LogP contribution in [-0.2, 0) is 4.79 Å². The van der Waals surface area contributed by atoms with Crippen LogP contribution in [0.5, 0.6) is 5.75 Å². The van der Waals surface area contributed by atoms with Gasteiger partial charge in [0.25, 0.3) is 0 Å². The van der Waals surface area contributed by atoms with Crippen LogP contribution < -0.4 is 10.1 Å². The summed E-state index contributed by atoms with van der Waals surface area (Å²) in [5.74, 6) is 0.626. The van der Waals surface area contributed by atoms with Gasteiger partial charge in [-0.05, 0) is 62.5 Å². The highest BCUT2D eigenvalue weighted by Gasteiger charge is 2.19. The number of carbonyl (C=O) groups is 2. The minimum absolute atomic E-state index is 0.0216. The molecule has 2 rings (SSSR count). The van der Waals surface area contributed by atoms with Crippen LogP contribution in [-0.4, -0.2) is 42.8 Å². The average molecular weight is 375 g/mol. The van der Waals surface area contributed by atoms with Gasteiger partial charge in [-0.3, -0.25) is 14.5 Å². The van der Waals surface area contributed by atoms with Crippen molar-refractivity contribution in [2.75, 3.05) is 25.5 Å². The van der Waals surface area contributed by atoms with Crippen LogP contribution in [0.25, 0.3) is 0 Å². The van der Waals surface area contributed by atoms with Gasteiger partial charge in [-0.1, -0.05) is 11.6 Å². The molecule has 6 heteroatoms. The van der Waals surface area contributed by atoms with Gasteiger partial charge in [0.15, 0.2) is 5.78 Å². The number of nitrogens with one attached hydrogen (secondary N) is 1. The van der Waals surface area contributed by atoms with Crippen molar-refractivity contribution in [1.82, 2.24) is 4.90 Å². The summed E-state index contributed by atoms with van der Waals surface area (Å²) < 4.78 is 5.67. The van der Waals surface area contributed by atoms with Crippen LogP contribution in [0.1, 0.15) is 24.2 Å². The van der Waals surface area contributed by atoms with Crippen LogP contribution in [0.2, 0.25) is 5.02 Å². The van der Waals surface area contributed by atoms with E-state index in [0.29, 0.717) is 29.4 Å². The molecular formula is C20H23ClN2O3. The number of hydrogen-bond donors (Lipinski definition) is 1. The van der Waals surface area contributed by atoms with Gasteiger partial charge in [-0.2, -0.15) is 0 Å². The first kappa shape index (κ1) is 19.9. The van der Waals surface area contributed by atoms with Gasteiger partial charge < -0.3 is 10.1 Å². The number of ketones is 1. The number of rotatable bonds is 8. The average Bonchev–Trinajstić information content (AvgIpc) is 2.62. The van der Waals surface area contributed by atoms with Gasteiger partial charge in [0.1, 0.15) is 12.4 Å². The first-order chi connectivity index (χ1) is 12.4. The number of amides is 1. The number of likely N-dealkylation sites (N-methyl/N-ethyl adjacent to an activating group) is 1. The van der Waals surface area contributed by atoms with Crippen LogP contribution in [0.4, 0.5) is 5.69 Å². The molecule has 0 aliphatic carbocycles. The molecule has 0 fully saturated rings. The fourth-order valence-corrected chi connectivity index (χ4v) is 2.52. The number of carbonyl (C=O) groups excluding carboxylic acids is 2. The molecule has 0 saturated carbocycles. The first-order valence-corrected chi connectivity index (χ1v) is 8.75. The van der Waals surface area contributed by atoms with E-state index in [1.807, 2.05) is 31.0 Å². The Bertz CT molecular complexity index is 745. The van der Waals surface area contributed by atoms with E-state index in [1.54, 1.807) is 36.4 Å². The van der Waals surface area contributed by atoms with Crippen molar-refractivity contribution >= 4 is 29.0 Å². The molecule has 0 aromatic heterocycles. The monoisotopic (exact) mass is 374 g/mol. The number of Topliss-reactive ketones (excluding diaryl/α,β-unsaturated/α-hetero) is 1. The predicted molar refractivity (Wildman–Crippen MR) is 104 cm³/mol. The Morgan fingerprint density at radius 3 is 2.31 bits per heavy atom. The summed E-state index contributed by atoms with van der Waals surface area (Å²) >= 11 is 5.84. The third kappa shape index (κ3) is 5.86. The molecule has 0 saturated heterocycles. The van der Waals surface area contributed by atoms with Gasteiger partial charge >= 0.3 is 0 Å². The fraction of sp³-hybridized carbons (Fsp3) is 0.300. The topological polar surface area (TPSA) is 58.6 Å². The molecular weight excluding hydrogens is 352 g/mol. The second kappa shape index (κ2) is 9.36. The lowest BCUT2D eigenvalue weighted by Crippen LogP contribution is -2.38. The van der Waals surface area contributed by atoms with Crippen molar-refractivity contribution < 1.29 is 14.3 Å². The molecule has 0 spiro atoms. The minimum Gasteiger partial charge on any atom is -0.492 e. The quantitative estimate of drug-likeness (QED) is 0.712. The van der Waals surface area contributed by atoms with Crippen molar-refractivity contribution in [2.24, 2.45) is 0 Å². The van der Waals surface area contributed by atoms with E-state index in [9.17, 15) is 9.59 Å². The molecule has 1 atom stereocenters. The minimum atomic E-state index is -0.282. The highest BCUT2D eigenvalue weighted by atomic mass is 35.5. The molecule has 2 aromatic carbocycles. The molecule has 2 aromatic rings. The Hall–Kier alpha value is -2.37. The molecule has 26 heavy (non-hydrogen) atoms. The Kier molecular flexibility index (Phi) is 7.18. The van der Waals surface area contributed by atoms with Crippen LogP contribution in [0.15, 0.2) is 48.5 Å². The van der Waals surface area contributed by atoms with Crippen LogP contribution in [0.3, 0.4) is 0 Å². The molecule has 138 valence electrons. The van der Waals surface area contributed by atoms with E-state index >= 15 is 0 Å². The molecule has 0 unspecified atom stereocenters. The van der Waals surface area contributed by atoms with Crippen molar-refractivity contribution in [1.29, 1.82) is 0 Å². The SMILES string of the molecule is CC(=O)Nc1ccc(C(=O)[C@@H](C)N(C)CCOc2ccc(Cl)cc2)cc1. The zero-order valence-electron chi connectivity index (χ0n) is 15.2. The molecule has 0 aliphatic heterocycles. The lowest BCUT2D eigenvalue weighted by atomic mass is 10.0. The summed E-state index contributed by atoms with van der Waals surface area (Å²) in [6, 6.07) is 13.8. The smallest absolute Gasteiger partial charge is 0.221 e. The predicted octanol–water partition coefficient (Wildman–Crippen LogP) is 3.88. The zero-order chi connectivity index (χ0) is 19.1. The van der Waals surface area contributed by atoms with Gasteiger partial charge in [-0.15, -0.1) is 0 Å². The van der Waals surface area contributed by atoms with Crippen molar-refractivity contribution in [3.05, 3.63) is 59.1 Å². The highest BCUT2D eigenvalue weighted by Crippen LogP contribution is 2.16. The molecule has 0 radical (unpaired) electrons. The largest absolute Gasteiger partial charge is 0.492 e. The van der Waals surface area contributed by atoms with Gasteiger partial charge in [0.2, 0.25) is 5.91 Å². The Morgan fingerprint density at radius 1 is 1.12 bits per heavy atom. The Balaban J connectivity index is 1.86. The second-order valence-electron chi connectivity index (χ2n) is 6.08. The van der Waals surface area contributed by atoms with E-state index in [1.165, 1.54) is 6.92 Å². The molecule has 0 bridgehead atoms.